The van der Waals surface area contributed by atoms with Crippen LogP contribution < -0.4 is 5.32 Å². The van der Waals surface area contributed by atoms with Crippen molar-refractivity contribution in [3.63, 3.8) is 0 Å². The molecule has 0 radical (unpaired) electrons. The molecule has 0 aromatic heterocycles. The summed E-state index contributed by atoms with van der Waals surface area (Å²) in [5.41, 5.74) is 0.802. The number of nitrogens with one attached hydrogen (secondary N) is 1. The highest BCUT2D eigenvalue weighted by atomic mass is 19.1. The van der Waals surface area contributed by atoms with Gasteiger partial charge in [0.25, 0.3) is 0 Å². The maximum Gasteiger partial charge on any atom is 0.226 e. The standard InChI is InChI=1S/C16H19FN2O2/c1-19-14(20)8-13(16(21)18-9-10-2-3-10)15(19)11-4-6-12(17)7-5-11/h4-7,10,13,15H,2-3,8-9H2,1H3,(H,18,21)/t13-,15-/m1/s1. The maximum atomic E-state index is 13.1. The molecule has 0 spiro atoms. The second-order valence-electron chi connectivity index (χ2n) is 6.00. The van der Waals surface area contributed by atoms with Gasteiger partial charge in [0.05, 0.1) is 12.0 Å². The van der Waals surface area contributed by atoms with Gasteiger partial charge in [-0.15, -0.1) is 0 Å². The van der Waals surface area contributed by atoms with Crippen LogP contribution in [0.4, 0.5) is 4.39 Å². The van der Waals surface area contributed by atoms with Crippen molar-refractivity contribution in [2.45, 2.75) is 25.3 Å². The van der Waals surface area contributed by atoms with E-state index in [1.165, 1.54) is 25.0 Å². The summed E-state index contributed by atoms with van der Waals surface area (Å²) in [6.07, 6.45) is 2.56. The van der Waals surface area contributed by atoms with Crippen LogP contribution in [0.15, 0.2) is 24.3 Å². The minimum absolute atomic E-state index is 0.0455. The van der Waals surface area contributed by atoms with E-state index in [9.17, 15) is 14.0 Å². The molecule has 3 rings (SSSR count). The number of hydrogen-bond donors (Lipinski definition) is 1. The molecule has 0 bridgehead atoms. The van der Waals surface area contributed by atoms with Crippen LogP contribution in [0.1, 0.15) is 30.9 Å². The van der Waals surface area contributed by atoms with Gasteiger partial charge in [-0.1, -0.05) is 12.1 Å². The molecule has 1 saturated heterocycles. The molecule has 1 aromatic carbocycles. The monoisotopic (exact) mass is 290 g/mol. The predicted octanol–water partition coefficient (Wildman–Crippen LogP) is 1.87. The van der Waals surface area contributed by atoms with Gasteiger partial charge < -0.3 is 10.2 Å². The molecule has 2 atom stereocenters. The lowest BCUT2D eigenvalue weighted by Gasteiger charge is -2.25. The van der Waals surface area contributed by atoms with Crippen LogP contribution in [0.2, 0.25) is 0 Å². The molecule has 2 amide bonds. The fraction of sp³-hybridized carbons (Fsp3) is 0.500. The summed E-state index contributed by atoms with van der Waals surface area (Å²) >= 11 is 0. The van der Waals surface area contributed by atoms with Crippen molar-refractivity contribution in [3.05, 3.63) is 35.6 Å². The molecule has 1 aromatic rings. The number of hydrogen-bond acceptors (Lipinski definition) is 2. The quantitative estimate of drug-likeness (QED) is 0.920. The number of carbonyl (C=O) groups is 2. The van der Waals surface area contributed by atoms with Gasteiger partial charge in [-0.05, 0) is 36.5 Å². The Labute approximate surface area is 123 Å². The highest BCUT2D eigenvalue weighted by Gasteiger charge is 2.42. The first-order valence-electron chi connectivity index (χ1n) is 7.35. The number of benzene rings is 1. The van der Waals surface area contributed by atoms with E-state index in [2.05, 4.69) is 5.32 Å². The second kappa shape index (κ2) is 5.47. The number of likely N-dealkylation sites (tertiary alicyclic amines) is 1. The summed E-state index contributed by atoms with van der Waals surface area (Å²) < 4.78 is 13.1. The Morgan fingerprint density at radius 1 is 1.33 bits per heavy atom. The minimum Gasteiger partial charge on any atom is -0.355 e. The third kappa shape index (κ3) is 2.91. The molecule has 4 nitrogen and oxygen atoms in total. The van der Waals surface area contributed by atoms with E-state index in [1.54, 1.807) is 24.1 Å². The summed E-state index contributed by atoms with van der Waals surface area (Å²) in [7, 11) is 1.70. The van der Waals surface area contributed by atoms with Gasteiger partial charge in [0.1, 0.15) is 5.82 Å². The van der Waals surface area contributed by atoms with E-state index in [-0.39, 0.29) is 30.1 Å². The molecule has 2 aliphatic rings. The molecule has 1 aliphatic heterocycles. The lowest BCUT2D eigenvalue weighted by molar-refractivity contribution is -0.128. The van der Waals surface area contributed by atoms with Crippen molar-refractivity contribution in [2.75, 3.05) is 13.6 Å². The van der Waals surface area contributed by atoms with Crippen molar-refractivity contribution in [1.82, 2.24) is 10.2 Å². The fourth-order valence-electron chi connectivity index (χ4n) is 2.92. The van der Waals surface area contributed by atoms with Crippen LogP contribution in [0.3, 0.4) is 0 Å². The summed E-state index contributed by atoms with van der Waals surface area (Å²) in [5.74, 6) is -0.231. The number of nitrogens with zero attached hydrogens (tertiary/aromatic N) is 1. The summed E-state index contributed by atoms with van der Waals surface area (Å²) in [6.45, 7) is 0.698. The largest absolute Gasteiger partial charge is 0.355 e. The Kier molecular flexibility index (Phi) is 3.66. The fourth-order valence-corrected chi connectivity index (χ4v) is 2.92. The van der Waals surface area contributed by atoms with Crippen molar-refractivity contribution in [3.8, 4) is 0 Å². The molecular weight excluding hydrogens is 271 g/mol. The van der Waals surface area contributed by atoms with Crippen LogP contribution in [-0.2, 0) is 9.59 Å². The lowest BCUT2D eigenvalue weighted by Crippen LogP contribution is -2.35. The van der Waals surface area contributed by atoms with Crippen LogP contribution in [0.25, 0.3) is 0 Å². The topological polar surface area (TPSA) is 49.4 Å². The Hall–Kier alpha value is -1.91. The number of rotatable bonds is 4. The van der Waals surface area contributed by atoms with E-state index < -0.39 is 5.92 Å². The van der Waals surface area contributed by atoms with Crippen LogP contribution in [-0.4, -0.2) is 30.3 Å². The van der Waals surface area contributed by atoms with Crippen LogP contribution in [0, 0.1) is 17.7 Å². The first-order chi connectivity index (χ1) is 10.1. The second-order valence-corrected chi connectivity index (χ2v) is 6.00. The van der Waals surface area contributed by atoms with Gasteiger partial charge in [-0.3, -0.25) is 9.59 Å². The molecular formula is C16H19FN2O2. The third-order valence-electron chi connectivity index (χ3n) is 4.40. The molecule has 5 heteroatoms. The van der Waals surface area contributed by atoms with Crippen LogP contribution in [0.5, 0.6) is 0 Å². The molecule has 0 unspecified atom stereocenters. The van der Waals surface area contributed by atoms with Gasteiger partial charge in [0.2, 0.25) is 11.8 Å². The molecule has 1 saturated carbocycles. The van der Waals surface area contributed by atoms with Gasteiger partial charge in [-0.25, -0.2) is 4.39 Å². The molecule has 2 fully saturated rings. The average molecular weight is 290 g/mol. The van der Waals surface area contributed by atoms with Crippen molar-refractivity contribution in [2.24, 2.45) is 11.8 Å². The minimum atomic E-state index is -0.397. The normalized spacial score (nSPS) is 25.2. The Bertz CT molecular complexity index is 554. The van der Waals surface area contributed by atoms with E-state index in [0.717, 1.165) is 5.56 Å². The van der Waals surface area contributed by atoms with Crippen molar-refractivity contribution in [1.29, 1.82) is 0 Å². The van der Waals surface area contributed by atoms with Gasteiger partial charge in [-0.2, -0.15) is 0 Å². The SMILES string of the molecule is CN1C(=O)C[C@@H](C(=O)NCC2CC2)[C@H]1c1ccc(F)cc1. The first kappa shape index (κ1) is 14.0. The summed E-state index contributed by atoms with van der Waals surface area (Å²) in [4.78, 5) is 25.9. The smallest absolute Gasteiger partial charge is 0.226 e. The summed E-state index contributed by atoms with van der Waals surface area (Å²) in [5, 5.41) is 2.95. The van der Waals surface area contributed by atoms with Gasteiger partial charge in [0, 0.05) is 20.0 Å². The molecule has 1 aliphatic carbocycles. The first-order valence-corrected chi connectivity index (χ1v) is 7.35. The number of halogens is 1. The van der Waals surface area contributed by atoms with Gasteiger partial charge in [0.15, 0.2) is 0 Å². The van der Waals surface area contributed by atoms with E-state index in [4.69, 9.17) is 0 Å². The molecule has 21 heavy (non-hydrogen) atoms. The number of carbonyl (C=O) groups excluding carboxylic acids is 2. The van der Waals surface area contributed by atoms with E-state index in [1.807, 2.05) is 0 Å². The highest BCUT2D eigenvalue weighted by molar-refractivity contribution is 5.90. The van der Waals surface area contributed by atoms with Crippen molar-refractivity contribution >= 4 is 11.8 Å². The van der Waals surface area contributed by atoms with Crippen molar-refractivity contribution < 1.29 is 14.0 Å². The number of amides is 2. The zero-order valence-corrected chi connectivity index (χ0v) is 12.0. The zero-order valence-electron chi connectivity index (χ0n) is 12.0. The molecule has 1 heterocycles. The van der Waals surface area contributed by atoms with E-state index in [0.29, 0.717) is 12.5 Å². The Morgan fingerprint density at radius 3 is 2.62 bits per heavy atom. The molecule has 112 valence electrons. The maximum absolute atomic E-state index is 13.1. The average Bonchev–Trinajstić information content (AvgIpc) is 3.25. The Morgan fingerprint density at radius 2 is 2.00 bits per heavy atom. The van der Waals surface area contributed by atoms with Crippen LogP contribution >= 0.6 is 0 Å². The third-order valence-corrected chi connectivity index (χ3v) is 4.40. The molecule has 1 N–H and O–H groups in total. The van der Waals surface area contributed by atoms with E-state index >= 15 is 0 Å². The summed E-state index contributed by atoms with van der Waals surface area (Å²) in [6, 6.07) is 5.72. The zero-order chi connectivity index (χ0) is 15.0. The predicted molar refractivity (Wildman–Crippen MR) is 75.8 cm³/mol. The Balaban J connectivity index is 1.78. The lowest BCUT2D eigenvalue weighted by atomic mass is 9.93. The van der Waals surface area contributed by atoms with Gasteiger partial charge >= 0.3 is 0 Å². The highest BCUT2D eigenvalue weighted by Crippen LogP contribution is 2.37.